The molecule has 96 valence electrons. The quantitative estimate of drug-likeness (QED) is 0.767. The number of hydrogen-bond acceptors (Lipinski definition) is 4. The summed E-state index contributed by atoms with van der Waals surface area (Å²) in [5.41, 5.74) is 1.62. The van der Waals surface area contributed by atoms with E-state index in [-0.39, 0.29) is 0 Å². The molecule has 0 atom stereocenters. The smallest absolute Gasteiger partial charge is 0.0635 e. The number of hydrogen-bond donors (Lipinski definition) is 1. The predicted octanol–water partition coefficient (Wildman–Crippen LogP) is 2.51. The molecule has 1 heterocycles. The van der Waals surface area contributed by atoms with E-state index in [1.807, 2.05) is 12.3 Å². The van der Waals surface area contributed by atoms with E-state index in [2.05, 4.69) is 34.6 Å². The Morgan fingerprint density at radius 1 is 1.50 bits per heavy atom. The van der Waals surface area contributed by atoms with Crippen molar-refractivity contribution in [3.63, 3.8) is 0 Å². The molecule has 1 saturated carbocycles. The zero-order chi connectivity index (χ0) is 12.8. The fourth-order valence-electron chi connectivity index (χ4n) is 2.19. The summed E-state index contributed by atoms with van der Waals surface area (Å²) in [6.45, 7) is 2.76. The van der Waals surface area contributed by atoms with Crippen LogP contribution in [0.2, 0.25) is 0 Å². The molecule has 2 rings (SSSR count). The molecule has 1 aromatic heterocycles. The van der Waals surface area contributed by atoms with Gasteiger partial charge in [-0.3, -0.25) is 9.88 Å². The summed E-state index contributed by atoms with van der Waals surface area (Å²) in [5.74, 6) is 0.948. The molecule has 0 aromatic carbocycles. The maximum Gasteiger partial charge on any atom is 0.0635 e. The maximum atomic E-state index is 8.75. The van der Waals surface area contributed by atoms with Crippen LogP contribution < -0.4 is 0 Å². The van der Waals surface area contributed by atoms with Crippen LogP contribution in [-0.2, 0) is 6.54 Å². The van der Waals surface area contributed by atoms with Crippen molar-refractivity contribution in [1.29, 1.82) is 5.26 Å². The molecular weight excluding hydrogens is 242 g/mol. The van der Waals surface area contributed by atoms with E-state index in [9.17, 15) is 0 Å². The normalized spacial score (nSPS) is 16.5. The van der Waals surface area contributed by atoms with Crippen LogP contribution in [0.3, 0.4) is 0 Å². The third-order valence-electron chi connectivity index (χ3n) is 3.52. The lowest BCUT2D eigenvalue weighted by Crippen LogP contribution is -2.31. The van der Waals surface area contributed by atoms with Gasteiger partial charge in [0.1, 0.15) is 0 Å². The first-order chi connectivity index (χ1) is 8.78. The molecule has 1 aliphatic rings. The first kappa shape index (κ1) is 13.4. The van der Waals surface area contributed by atoms with E-state index >= 15 is 0 Å². The van der Waals surface area contributed by atoms with Gasteiger partial charge in [0, 0.05) is 38.4 Å². The standard InChI is InChI=1S/C14H19N3S/c15-6-2-8-17(11-14(12-18)4-5-14)10-13-3-1-7-16-9-13/h1,3,7,9,18H,2,4-5,8,10-12H2. The molecule has 0 radical (unpaired) electrons. The van der Waals surface area contributed by atoms with Crippen LogP contribution in [0.4, 0.5) is 0 Å². The SMILES string of the molecule is N#CCCN(Cc1cccnc1)CC1(CS)CC1. The number of aromatic nitrogens is 1. The van der Waals surface area contributed by atoms with Crippen LogP contribution in [0.15, 0.2) is 24.5 Å². The summed E-state index contributed by atoms with van der Waals surface area (Å²) in [7, 11) is 0. The Morgan fingerprint density at radius 2 is 2.33 bits per heavy atom. The summed E-state index contributed by atoms with van der Waals surface area (Å²) in [6, 6.07) is 6.28. The van der Waals surface area contributed by atoms with Crippen LogP contribution >= 0.6 is 12.6 Å². The molecule has 1 fully saturated rings. The van der Waals surface area contributed by atoms with E-state index in [4.69, 9.17) is 5.26 Å². The third kappa shape index (κ3) is 3.72. The van der Waals surface area contributed by atoms with Gasteiger partial charge >= 0.3 is 0 Å². The lowest BCUT2D eigenvalue weighted by atomic mass is 10.1. The van der Waals surface area contributed by atoms with Crippen LogP contribution in [0.5, 0.6) is 0 Å². The summed E-state index contributed by atoms with van der Waals surface area (Å²) >= 11 is 4.45. The minimum absolute atomic E-state index is 0.404. The molecule has 0 spiro atoms. The topological polar surface area (TPSA) is 39.9 Å². The molecule has 18 heavy (non-hydrogen) atoms. The van der Waals surface area contributed by atoms with E-state index in [1.54, 1.807) is 6.20 Å². The maximum absolute atomic E-state index is 8.75. The average Bonchev–Trinajstić information content (AvgIpc) is 3.17. The van der Waals surface area contributed by atoms with Crippen molar-refractivity contribution in [2.24, 2.45) is 5.41 Å². The van der Waals surface area contributed by atoms with Gasteiger partial charge in [0.15, 0.2) is 0 Å². The highest BCUT2D eigenvalue weighted by Gasteiger charge is 2.42. The van der Waals surface area contributed by atoms with Crippen molar-refractivity contribution >= 4 is 12.6 Å². The van der Waals surface area contributed by atoms with Gasteiger partial charge in [0.25, 0.3) is 0 Å². The van der Waals surface area contributed by atoms with Gasteiger partial charge in [0.2, 0.25) is 0 Å². The van der Waals surface area contributed by atoms with Crippen LogP contribution in [0.25, 0.3) is 0 Å². The average molecular weight is 261 g/mol. The van der Waals surface area contributed by atoms with Crippen molar-refractivity contribution in [2.75, 3.05) is 18.8 Å². The van der Waals surface area contributed by atoms with E-state index in [0.717, 1.165) is 25.4 Å². The zero-order valence-corrected chi connectivity index (χ0v) is 11.4. The van der Waals surface area contributed by atoms with Gasteiger partial charge in [-0.2, -0.15) is 17.9 Å². The number of nitriles is 1. The fraction of sp³-hybridized carbons (Fsp3) is 0.571. The Hall–Kier alpha value is -1.05. The lowest BCUT2D eigenvalue weighted by molar-refractivity contribution is 0.226. The van der Waals surface area contributed by atoms with Crippen molar-refractivity contribution in [2.45, 2.75) is 25.8 Å². The first-order valence-electron chi connectivity index (χ1n) is 6.37. The molecule has 3 nitrogen and oxygen atoms in total. The predicted molar refractivity (Wildman–Crippen MR) is 75.3 cm³/mol. The Bertz CT molecular complexity index is 409. The zero-order valence-electron chi connectivity index (χ0n) is 10.5. The van der Waals surface area contributed by atoms with E-state index in [1.165, 1.54) is 18.4 Å². The number of thiol groups is 1. The summed E-state index contributed by atoms with van der Waals surface area (Å²) in [6.07, 6.45) is 6.82. The first-order valence-corrected chi connectivity index (χ1v) is 7.00. The van der Waals surface area contributed by atoms with Crippen molar-refractivity contribution in [1.82, 2.24) is 9.88 Å². The van der Waals surface area contributed by atoms with Gasteiger partial charge < -0.3 is 0 Å². The van der Waals surface area contributed by atoms with E-state index < -0.39 is 0 Å². The summed E-state index contributed by atoms with van der Waals surface area (Å²) in [4.78, 5) is 6.51. The number of rotatable bonds is 7. The highest BCUT2D eigenvalue weighted by Crippen LogP contribution is 2.47. The van der Waals surface area contributed by atoms with Crippen molar-refractivity contribution in [3.05, 3.63) is 30.1 Å². The molecule has 0 N–H and O–H groups in total. The molecule has 0 unspecified atom stereocenters. The summed E-state index contributed by atoms with van der Waals surface area (Å²) < 4.78 is 0. The number of pyridine rings is 1. The second-order valence-corrected chi connectivity index (χ2v) is 5.45. The Kier molecular flexibility index (Phi) is 4.62. The van der Waals surface area contributed by atoms with Gasteiger partial charge in [-0.15, -0.1) is 0 Å². The van der Waals surface area contributed by atoms with Crippen molar-refractivity contribution in [3.8, 4) is 6.07 Å². The van der Waals surface area contributed by atoms with Gasteiger partial charge in [0.05, 0.1) is 6.07 Å². The van der Waals surface area contributed by atoms with Crippen molar-refractivity contribution < 1.29 is 0 Å². The minimum atomic E-state index is 0.404. The van der Waals surface area contributed by atoms with E-state index in [0.29, 0.717) is 11.8 Å². The second-order valence-electron chi connectivity index (χ2n) is 5.14. The Balaban J connectivity index is 1.95. The molecule has 0 bridgehead atoms. The summed E-state index contributed by atoms with van der Waals surface area (Å²) in [5, 5.41) is 8.75. The molecule has 1 aliphatic carbocycles. The molecule has 1 aromatic rings. The fourth-order valence-corrected chi connectivity index (χ4v) is 2.61. The molecular formula is C14H19N3S. The van der Waals surface area contributed by atoms with Gasteiger partial charge in [-0.05, 0) is 35.6 Å². The largest absolute Gasteiger partial charge is 0.297 e. The molecule has 4 heteroatoms. The highest BCUT2D eigenvalue weighted by molar-refractivity contribution is 7.80. The van der Waals surface area contributed by atoms with Crippen LogP contribution in [0, 0.1) is 16.7 Å². The molecule has 0 saturated heterocycles. The van der Waals surface area contributed by atoms with Gasteiger partial charge in [-0.25, -0.2) is 0 Å². The van der Waals surface area contributed by atoms with Gasteiger partial charge in [-0.1, -0.05) is 6.07 Å². The lowest BCUT2D eigenvalue weighted by Gasteiger charge is -2.25. The monoisotopic (exact) mass is 261 g/mol. The highest BCUT2D eigenvalue weighted by atomic mass is 32.1. The Morgan fingerprint density at radius 3 is 2.89 bits per heavy atom. The van der Waals surface area contributed by atoms with Crippen LogP contribution in [-0.4, -0.2) is 28.7 Å². The second kappa shape index (κ2) is 6.21. The van der Waals surface area contributed by atoms with Crippen LogP contribution in [0.1, 0.15) is 24.8 Å². The minimum Gasteiger partial charge on any atom is -0.297 e. The molecule has 0 aliphatic heterocycles. The number of nitrogens with zero attached hydrogens (tertiary/aromatic N) is 3. The Labute approximate surface area is 114 Å². The third-order valence-corrected chi connectivity index (χ3v) is 4.19. The molecule has 0 amide bonds.